The van der Waals surface area contributed by atoms with Crippen LogP contribution in [0, 0.1) is 0 Å². The molecule has 0 amide bonds. The van der Waals surface area contributed by atoms with Gasteiger partial charge in [0.05, 0.1) is 10.1 Å². The summed E-state index contributed by atoms with van der Waals surface area (Å²) in [5.74, 6) is -0.315. The standard InChI is InChI=1S/C17H28O3S.Na/c1-2-3-4-5-6-7-8-9-16-10-12-17(13-11-16)14-15-21(18,19)20;/h10-13H,2-9,14-15H2,1H3,(H,18,19,20);/q;+1/p-1. The molecule has 22 heavy (non-hydrogen) atoms. The number of hydrogen-bond acceptors (Lipinski definition) is 3. The fourth-order valence-corrected chi connectivity index (χ4v) is 2.89. The SMILES string of the molecule is CCCCCCCCCc1ccc(CCS(=O)(=O)[O-])cc1.[Na+]. The average molecular weight is 334 g/mol. The van der Waals surface area contributed by atoms with Gasteiger partial charge >= 0.3 is 29.6 Å². The van der Waals surface area contributed by atoms with Gasteiger partial charge in [0.15, 0.2) is 0 Å². The van der Waals surface area contributed by atoms with E-state index in [0.717, 1.165) is 12.0 Å². The van der Waals surface area contributed by atoms with Gasteiger partial charge in [0.1, 0.15) is 0 Å². The molecule has 120 valence electrons. The van der Waals surface area contributed by atoms with Crippen LogP contribution in [-0.2, 0) is 23.0 Å². The first-order chi connectivity index (χ1) is 10.0. The molecule has 1 aromatic carbocycles. The van der Waals surface area contributed by atoms with Crippen LogP contribution in [0.1, 0.15) is 63.0 Å². The van der Waals surface area contributed by atoms with Crippen molar-refractivity contribution < 1.29 is 42.5 Å². The summed E-state index contributed by atoms with van der Waals surface area (Å²) < 4.78 is 31.8. The summed E-state index contributed by atoms with van der Waals surface area (Å²) in [6, 6.07) is 7.96. The van der Waals surface area contributed by atoms with Crippen LogP contribution in [0.25, 0.3) is 0 Å². The summed E-state index contributed by atoms with van der Waals surface area (Å²) in [6.07, 6.45) is 10.5. The van der Waals surface area contributed by atoms with Gasteiger partial charge in [-0.15, -0.1) is 0 Å². The molecule has 0 spiro atoms. The summed E-state index contributed by atoms with van der Waals surface area (Å²) in [6.45, 7) is 2.23. The second kappa shape index (κ2) is 12.5. The van der Waals surface area contributed by atoms with Crippen molar-refractivity contribution in [3.63, 3.8) is 0 Å². The number of unbranched alkanes of at least 4 members (excludes halogenated alkanes) is 6. The van der Waals surface area contributed by atoms with E-state index in [1.807, 2.05) is 24.3 Å². The molecule has 0 N–H and O–H groups in total. The van der Waals surface area contributed by atoms with Crippen LogP contribution in [0.3, 0.4) is 0 Å². The fourth-order valence-electron chi connectivity index (χ4n) is 2.40. The van der Waals surface area contributed by atoms with E-state index in [4.69, 9.17) is 0 Å². The third-order valence-electron chi connectivity index (χ3n) is 3.73. The maximum Gasteiger partial charge on any atom is 1.00 e. The maximum absolute atomic E-state index is 10.6. The van der Waals surface area contributed by atoms with Crippen LogP contribution in [0.4, 0.5) is 0 Å². The van der Waals surface area contributed by atoms with Crippen LogP contribution in [0.2, 0.25) is 0 Å². The summed E-state index contributed by atoms with van der Waals surface area (Å²) in [5.41, 5.74) is 2.20. The van der Waals surface area contributed by atoms with Crippen molar-refractivity contribution in [1.82, 2.24) is 0 Å². The average Bonchev–Trinajstić information content (AvgIpc) is 2.44. The third kappa shape index (κ3) is 11.7. The van der Waals surface area contributed by atoms with E-state index in [1.54, 1.807) is 0 Å². The first kappa shape index (κ1) is 22.1. The Morgan fingerprint density at radius 3 is 1.77 bits per heavy atom. The number of benzene rings is 1. The van der Waals surface area contributed by atoms with E-state index in [0.29, 0.717) is 6.42 Å². The van der Waals surface area contributed by atoms with Crippen LogP contribution in [0.15, 0.2) is 24.3 Å². The zero-order chi connectivity index (χ0) is 15.6. The van der Waals surface area contributed by atoms with Gasteiger partial charge < -0.3 is 4.55 Å². The van der Waals surface area contributed by atoms with Crippen molar-refractivity contribution in [2.75, 3.05) is 5.75 Å². The van der Waals surface area contributed by atoms with Gasteiger partial charge in [-0.1, -0.05) is 69.7 Å². The van der Waals surface area contributed by atoms with Crippen LogP contribution in [-0.4, -0.2) is 18.7 Å². The molecule has 1 aromatic rings. The number of rotatable bonds is 11. The van der Waals surface area contributed by atoms with Crippen molar-refractivity contribution in [1.29, 1.82) is 0 Å². The second-order valence-corrected chi connectivity index (χ2v) is 7.22. The Morgan fingerprint density at radius 1 is 0.818 bits per heavy atom. The Morgan fingerprint density at radius 2 is 1.27 bits per heavy atom. The molecule has 0 bridgehead atoms. The van der Waals surface area contributed by atoms with E-state index in [2.05, 4.69) is 6.92 Å². The second-order valence-electron chi connectivity index (χ2n) is 5.70. The normalized spacial score (nSPS) is 11.2. The minimum absolute atomic E-state index is 0. The number of hydrogen-bond donors (Lipinski definition) is 0. The molecule has 3 nitrogen and oxygen atoms in total. The molecular formula is C17H27NaO3S. The molecule has 5 heteroatoms. The molecule has 0 aromatic heterocycles. The van der Waals surface area contributed by atoms with Crippen molar-refractivity contribution in [2.45, 2.75) is 64.7 Å². The van der Waals surface area contributed by atoms with E-state index in [9.17, 15) is 13.0 Å². The van der Waals surface area contributed by atoms with Gasteiger partial charge in [0, 0.05) is 5.75 Å². The van der Waals surface area contributed by atoms with E-state index >= 15 is 0 Å². The quantitative estimate of drug-likeness (QED) is 0.346. The first-order valence-corrected chi connectivity index (χ1v) is 9.60. The predicted octanol–water partition coefficient (Wildman–Crippen LogP) is 1.07. The first-order valence-electron chi connectivity index (χ1n) is 8.02. The molecule has 0 saturated heterocycles. The largest absolute Gasteiger partial charge is 1.00 e. The molecule has 0 radical (unpaired) electrons. The zero-order valence-electron chi connectivity index (χ0n) is 14.0. The number of aryl methyl sites for hydroxylation is 2. The molecule has 1 rings (SSSR count). The van der Waals surface area contributed by atoms with Gasteiger partial charge in [-0.2, -0.15) is 0 Å². The van der Waals surface area contributed by atoms with Gasteiger partial charge in [-0.25, -0.2) is 8.42 Å². The minimum Gasteiger partial charge on any atom is -0.748 e. The molecule has 0 aliphatic rings. The molecule has 0 saturated carbocycles. The van der Waals surface area contributed by atoms with Crippen LogP contribution in [0.5, 0.6) is 0 Å². The molecule has 0 unspecified atom stereocenters. The monoisotopic (exact) mass is 334 g/mol. The van der Waals surface area contributed by atoms with E-state index in [1.165, 1.54) is 50.5 Å². The predicted molar refractivity (Wildman–Crippen MR) is 86.4 cm³/mol. The molecule has 0 heterocycles. The van der Waals surface area contributed by atoms with Crippen molar-refractivity contribution in [3.05, 3.63) is 35.4 Å². The zero-order valence-corrected chi connectivity index (χ0v) is 16.8. The van der Waals surface area contributed by atoms with Gasteiger partial charge in [0.2, 0.25) is 0 Å². The Kier molecular flexibility index (Phi) is 12.6. The van der Waals surface area contributed by atoms with Crippen molar-refractivity contribution in [2.24, 2.45) is 0 Å². The van der Waals surface area contributed by atoms with Crippen LogP contribution < -0.4 is 29.6 Å². The van der Waals surface area contributed by atoms with Crippen molar-refractivity contribution >= 4 is 10.1 Å². The molecule has 0 atom stereocenters. The molecule has 0 aliphatic carbocycles. The Bertz CT molecular complexity index is 483. The summed E-state index contributed by atoms with van der Waals surface area (Å²) in [4.78, 5) is 0. The smallest absolute Gasteiger partial charge is 0.748 e. The topological polar surface area (TPSA) is 57.2 Å². The Balaban J connectivity index is 0.00000441. The third-order valence-corrected chi connectivity index (χ3v) is 4.44. The molecular weight excluding hydrogens is 307 g/mol. The minimum atomic E-state index is -4.11. The molecule has 0 fully saturated rings. The van der Waals surface area contributed by atoms with Gasteiger partial charge in [0.25, 0.3) is 0 Å². The van der Waals surface area contributed by atoms with E-state index in [-0.39, 0.29) is 35.3 Å². The molecule has 0 aliphatic heterocycles. The van der Waals surface area contributed by atoms with Gasteiger partial charge in [-0.05, 0) is 30.4 Å². The van der Waals surface area contributed by atoms with Crippen molar-refractivity contribution in [3.8, 4) is 0 Å². The van der Waals surface area contributed by atoms with E-state index < -0.39 is 10.1 Å². The Labute approximate surface area is 157 Å². The fraction of sp³-hybridized carbons (Fsp3) is 0.647. The summed E-state index contributed by atoms with van der Waals surface area (Å²) >= 11 is 0. The summed E-state index contributed by atoms with van der Waals surface area (Å²) in [7, 11) is -4.11. The van der Waals surface area contributed by atoms with Crippen LogP contribution >= 0.6 is 0 Å². The maximum atomic E-state index is 10.6. The Hall–Kier alpha value is 0.130. The van der Waals surface area contributed by atoms with Gasteiger partial charge in [-0.3, -0.25) is 0 Å². The summed E-state index contributed by atoms with van der Waals surface area (Å²) in [5, 5.41) is 0.